The van der Waals surface area contributed by atoms with Crippen molar-refractivity contribution in [3.05, 3.63) is 52.6 Å². The molecule has 0 aliphatic carbocycles. The first kappa shape index (κ1) is 18.5. The van der Waals surface area contributed by atoms with Crippen LogP contribution in [-0.4, -0.2) is 54.4 Å². The van der Waals surface area contributed by atoms with Gasteiger partial charge in [0.05, 0.1) is 11.4 Å². The number of nitrogens with zero attached hydrogens (tertiary/aromatic N) is 4. The fourth-order valence-corrected chi connectivity index (χ4v) is 4.05. The minimum atomic E-state index is -3.22. The van der Waals surface area contributed by atoms with Gasteiger partial charge in [-0.05, 0) is 43.7 Å². The van der Waals surface area contributed by atoms with Gasteiger partial charge < -0.3 is 4.90 Å². The highest BCUT2D eigenvalue weighted by molar-refractivity contribution is 7.89. The summed E-state index contributed by atoms with van der Waals surface area (Å²) in [4.78, 5) is 14.1. The third kappa shape index (κ3) is 3.94. The molecular weight excluding hydrogens is 359 g/mol. The zero-order chi connectivity index (χ0) is 18.7. The molecule has 1 aromatic heterocycles. The van der Waals surface area contributed by atoms with Gasteiger partial charge in [-0.3, -0.25) is 4.79 Å². The first-order valence-corrected chi connectivity index (χ1v) is 10.1. The molecule has 0 unspecified atom stereocenters. The lowest BCUT2D eigenvalue weighted by molar-refractivity contribution is 0.434. The summed E-state index contributed by atoms with van der Waals surface area (Å²) in [6, 6.07) is 8.57. The summed E-state index contributed by atoms with van der Waals surface area (Å²) in [5.41, 5.74) is 0.161. The molecule has 9 heteroatoms. The van der Waals surface area contributed by atoms with Gasteiger partial charge in [0.1, 0.15) is 11.6 Å². The van der Waals surface area contributed by atoms with E-state index >= 15 is 0 Å². The van der Waals surface area contributed by atoms with Gasteiger partial charge >= 0.3 is 0 Å². The summed E-state index contributed by atoms with van der Waals surface area (Å²) in [5, 5.41) is 4.38. The Hall–Kier alpha value is -2.26. The molecular formula is C17H21FN4O3S. The highest BCUT2D eigenvalue weighted by atomic mass is 32.2. The lowest BCUT2D eigenvalue weighted by Crippen LogP contribution is -2.36. The Kier molecular flexibility index (Phi) is 5.38. The molecule has 0 saturated carbocycles. The number of rotatable bonds is 4. The largest absolute Gasteiger partial charge is 0.354 e. The van der Waals surface area contributed by atoms with Gasteiger partial charge in [-0.15, -0.1) is 5.10 Å². The molecule has 0 spiro atoms. The molecule has 0 N–H and O–H groups in total. The molecule has 3 rings (SSSR count). The van der Waals surface area contributed by atoms with E-state index in [-0.39, 0.29) is 17.1 Å². The van der Waals surface area contributed by atoms with Crippen LogP contribution in [0.1, 0.15) is 13.3 Å². The standard InChI is InChI=1S/C17H21FN4O3S/c1-2-26(24,25)21-11-3-10-20(12-13-21)16-8-9-17(23)22(19-16)15-6-4-14(18)5-7-15/h4-9H,2-3,10-13H2,1H3. The Bertz CT molecular complexity index is 928. The molecule has 7 nitrogen and oxygen atoms in total. The normalized spacial score (nSPS) is 16.5. The number of aromatic nitrogens is 2. The topological polar surface area (TPSA) is 75.5 Å². The van der Waals surface area contributed by atoms with Crippen molar-refractivity contribution in [1.82, 2.24) is 14.1 Å². The lowest BCUT2D eigenvalue weighted by atomic mass is 10.3. The zero-order valence-corrected chi connectivity index (χ0v) is 15.3. The molecule has 0 bridgehead atoms. The maximum Gasteiger partial charge on any atom is 0.271 e. The highest BCUT2D eigenvalue weighted by Gasteiger charge is 2.24. The Balaban J connectivity index is 1.85. The van der Waals surface area contributed by atoms with Crippen molar-refractivity contribution < 1.29 is 12.8 Å². The van der Waals surface area contributed by atoms with E-state index < -0.39 is 10.0 Å². The van der Waals surface area contributed by atoms with Crippen LogP contribution in [0.5, 0.6) is 0 Å². The van der Waals surface area contributed by atoms with Crippen LogP contribution in [0.4, 0.5) is 10.2 Å². The Labute approximate surface area is 151 Å². The van der Waals surface area contributed by atoms with Gasteiger partial charge in [-0.1, -0.05) is 0 Å². The molecule has 0 radical (unpaired) electrons. The zero-order valence-electron chi connectivity index (χ0n) is 14.5. The summed E-state index contributed by atoms with van der Waals surface area (Å²) in [6.45, 7) is 3.63. The van der Waals surface area contributed by atoms with Crippen molar-refractivity contribution in [3.8, 4) is 5.69 Å². The van der Waals surface area contributed by atoms with Crippen molar-refractivity contribution in [2.24, 2.45) is 0 Å². The molecule has 1 saturated heterocycles. The first-order valence-electron chi connectivity index (χ1n) is 8.50. The summed E-state index contributed by atoms with van der Waals surface area (Å²) >= 11 is 0. The first-order chi connectivity index (χ1) is 12.4. The fraction of sp³-hybridized carbons (Fsp3) is 0.412. The van der Waals surface area contributed by atoms with Crippen molar-refractivity contribution >= 4 is 15.8 Å². The summed E-state index contributed by atoms with van der Waals surface area (Å²) < 4.78 is 40.0. The van der Waals surface area contributed by atoms with Crippen molar-refractivity contribution in [2.75, 3.05) is 36.8 Å². The average Bonchev–Trinajstić information content (AvgIpc) is 2.90. The Morgan fingerprint density at radius 1 is 1.04 bits per heavy atom. The minimum absolute atomic E-state index is 0.0840. The maximum atomic E-state index is 13.1. The Morgan fingerprint density at radius 2 is 1.77 bits per heavy atom. The van der Waals surface area contributed by atoms with E-state index in [1.54, 1.807) is 13.0 Å². The number of halogens is 1. The van der Waals surface area contributed by atoms with Gasteiger partial charge in [-0.2, -0.15) is 4.68 Å². The lowest BCUT2D eigenvalue weighted by Gasteiger charge is -2.22. The van der Waals surface area contributed by atoms with Crippen LogP contribution >= 0.6 is 0 Å². The second kappa shape index (κ2) is 7.55. The monoisotopic (exact) mass is 380 g/mol. The van der Waals surface area contributed by atoms with Crippen LogP contribution in [0, 0.1) is 5.82 Å². The summed E-state index contributed by atoms with van der Waals surface area (Å²) in [7, 11) is -3.22. The van der Waals surface area contributed by atoms with Crippen LogP contribution in [0.3, 0.4) is 0 Å². The van der Waals surface area contributed by atoms with E-state index in [9.17, 15) is 17.6 Å². The molecule has 2 aromatic rings. The molecule has 0 amide bonds. The van der Waals surface area contributed by atoms with E-state index in [1.165, 1.54) is 39.3 Å². The quantitative estimate of drug-likeness (QED) is 0.798. The van der Waals surface area contributed by atoms with E-state index in [0.29, 0.717) is 44.1 Å². The number of hydrogen-bond acceptors (Lipinski definition) is 5. The number of hydrogen-bond donors (Lipinski definition) is 0. The average molecular weight is 380 g/mol. The van der Waals surface area contributed by atoms with Crippen LogP contribution in [-0.2, 0) is 10.0 Å². The number of anilines is 1. The van der Waals surface area contributed by atoms with Crippen molar-refractivity contribution in [2.45, 2.75) is 13.3 Å². The molecule has 0 atom stereocenters. The molecule has 2 heterocycles. The van der Waals surface area contributed by atoms with Crippen LogP contribution in [0.2, 0.25) is 0 Å². The van der Waals surface area contributed by atoms with Crippen LogP contribution in [0.15, 0.2) is 41.2 Å². The second-order valence-corrected chi connectivity index (χ2v) is 8.32. The number of sulfonamides is 1. The van der Waals surface area contributed by atoms with Crippen LogP contribution < -0.4 is 10.5 Å². The molecule has 1 aliphatic rings. The van der Waals surface area contributed by atoms with E-state index in [1.807, 2.05) is 4.90 Å². The molecule has 140 valence electrons. The molecule has 26 heavy (non-hydrogen) atoms. The van der Waals surface area contributed by atoms with Gasteiger partial charge in [-0.25, -0.2) is 17.1 Å². The summed E-state index contributed by atoms with van der Waals surface area (Å²) in [6.07, 6.45) is 0.677. The van der Waals surface area contributed by atoms with Crippen molar-refractivity contribution in [1.29, 1.82) is 0 Å². The SMILES string of the molecule is CCS(=O)(=O)N1CCCN(c2ccc(=O)n(-c3ccc(F)cc3)n2)CC1. The van der Waals surface area contributed by atoms with Crippen LogP contribution in [0.25, 0.3) is 5.69 Å². The second-order valence-electron chi connectivity index (χ2n) is 6.06. The molecule has 1 aliphatic heterocycles. The van der Waals surface area contributed by atoms with E-state index in [4.69, 9.17) is 0 Å². The van der Waals surface area contributed by atoms with E-state index in [0.717, 1.165) is 0 Å². The third-order valence-corrected chi connectivity index (χ3v) is 6.28. The predicted octanol–water partition coefficient (Wildman–Crippen LogP) is 1.23. The third-order valence-electron chi connectivity index (χ3n) is 4.39. The fourth-order valence-electron chi connectivity index (χ4n) is 2.92. The smallest absolute Gasteiger partial charge is 0.271 e. The molecule has 1 fully saturated rings. The van der Waals surface area contributed by atoms with Crippen molar-refractivity contribution in [3.63, 3.8) is 0 Å². The van der Waals surface area contributed by atoms with E-state index in [2.05, 4.69) is 5.10 Å². The Morgan fingerprint density at radius 3 is 2.46 bits per heavy atom. The predicted molar refractivity (Wildman–Crippen MR) is 97.7 cm³/mol. The summed E-state index contributed by atoms with van der Waals surface area (Å²) in [5.74, 6) is 0.285. The van der Waals surface area contributed by atoms with Gasteiger partial charge in [0.25, 0.3) is 5.56 Å². The van der Waals surface area contributed by atoms with Gasteiger partial charge in [0.2, 0.25) is 10.0 Å². The maximum absolute atomic E-state index is 13.1. The van der Waals surface area contributed by atoms with Gasteiger partial charge in [0.15, 0.2) is 0 Å². The minimum Gasteiger partial charge on any atom is -0.354 e. The molecule has 1 aromatic carbocycles. The number of benzene rings is 1. The highest BCUT2D eigenvalue weighted by Crippen LogP contribution is 2.15. The van der Waals surface area contributed by atoms with Gasteiger partial charge in [0, 0.05) is 32.2 Å².